The van der Waals surface area contributed by atoms with E-state index in [1.807, 2.05) is 0 Å². The van der Waals surface area contributed by atoms with Crippen molar-refractivity contribution in [2.24, 2.45) is 0 Å². The molecule has 1 aliphatic rings. The maximum atomic E-state index is 13.5. The molecule has 0 saturated carbocycles. The van der Waals surface area contributed by atoms with Gasteiger partial charge in [-0.3, -0.25) is 9.80 Å². The lowest BCUT2D eigenvalue weighted by molar-refractivity contribution is 0.0441. The summed E-state index contributed by atoms with van der Waals surface area (Å²) in [5.41, 5.74) is 0. The maximum absolute atomic E-state index is 13.5. The normalized spacial score (nSPS) is 20.2. The molecule has 2 rings (SSSR count). The van der Waals surface area contributed by atoms with Crippen molar-refractivity contribution in [2.45, 2.75) is 19.4 Å². The molecule has 1 aromatic carbocycles. The number of rotatable bonds is 8. The van der Waals surface area contributed by atoms with Crippen LogP contribution in [0, 0.1) is 5.82 Å². The van der Waals surface area contributed by atoms with Gasteiger partial charge in [0.2, 0.25) is 0 Å². The Labute approximate surface area is 132 Å². The van der Waals surface area contributed by atoms with Gasteiger partial charge in [-0.2, -0.15) is 0 Å². The topological polar surface area (TPSA) is 24.9 Å². The van der Waals surface area contributed by atoms with E-state index in [0.717, 1.165) is 45.8 Å². The Bertz CT molecular complexity index is 444. The van der Waals surface area contributed by atoms with E-state index in [2.05, 4.69) is 16.7 Å². The highest BCUT2D eigenvalue weighted by Gasteiger charge is 2.25. The first kappa shape index (κ1) is 17.2. The van der Waals surface area contributed by atoms with Gasteiger partial charge in [0.05, 0.1) is 6.61 Å². The molecule has 0 aromatic heterocycles. The van der Waals surface area contributed by atoms with E-state index >= 15 is 0 Å². The zero-order valence-electron chi connectivity index (χ0n) is 13.6. The fourth-order valence-corrected chi connectivity index (χ4v) is 2.90. The minimum absolute atomic E-state index is 0.293. The van der Waals surface area contributed by atoms with E-state index in [-0.39, 0.29) is 5.82 Å². The van der Waals surface area contributed by atoms with Crippen LogP contribution in [-0.4, -0.2) is 68.9 Å². The smallest absolute Gasteiger partial charge is 0.165 e. The van der Waals surface area contributed by atoms with Crippen LogP contribution in [0.4, 0.5) is 4.39 Å². The summed E-state index contributed by atoms with van der Waals surface area (Å²) in [4.78, 5) is 4.90. The molecule has 0 unspecified atom stereocenters. The summed E-state index contributed by atoms with van der Waals surface area (Å²) >= 11 is 0. The summed E-state index contributed by atoms with van der Waals surface area (Å²) in [6, 6.07) is 7.13. The molecule has 0 spiro atoms. The second-order valence-corrected chi connectivity index (χ2v) is 5.67. The van der Waals surface area contributed by atoms with Gasteiger partial charge in [-0.15, -0.1) is 0 Å². The van der Waals surface area contributed by atoms with E-state index in [4.69, 9.17) is 9.47 Å². The summed E-state index contributed by atoms with van der Waals surface area (Å²) in [6.07, 6.45) is 1.13. The van der Waals surface area contributed by atoms with Crippen LogP contribution >= 0.6 is 0 Å². The van der Waals surface area contributed by atoms with Crippen LogP contribution in [0.25, 0.3) is 0 Å². The summed E-state index contributed by atoms with van der Waals surface area (Å²) in [7, 11) is 1.75. The van der Waals surface area contributed by atoms with E-state index in [1.165, 1.54) is 6.07 Å². The fourth-order valence-electron chi connectivity index (χ4n) is 2.90. The number of piperazine rings is 1. The molecule has 0 N–H and O–H groups in total. The second-order valence-electron chi connectivity index (χ2n) is 5.67. The van der Waals surface area contributed by atoms with Crippen LogP contribution in [-0.2, 0) is 4.74 Å². The molecule has 1 saturated heterocycles. The van der Waals surface area contributed by atoms with Crippen molar-refractivity contribution in [1.82, 2.24) is 9.80 Å². The van der Waals surface area contributed by atoms with Crippen molar-refractivity contribution in [3.8, 4) is 5.75 Å². The number of hydrogen-bond acceptors (Lipinski definition) is 4. The average molecular weight is 310 g/mol. The maximum Gasteiger partial charge on any atom is 0.165 e. The largest absolute Gasteiger partial charge is 0.489 e. The van der Waals surface area contributed by atoms with E-state index in [1.54, 1.807) is 25.3 Å². The Morgan fingerprint density at radius 1 is 1.18 bits per heavy atom. The van der Waals surface area contributed by atoms with Crippen molar-refractivity contribution < 1.29 is 13.9 Å². The van der Waals surface area contributed by atoms with E-state index < -0.39 is 0 Å². The first-order valence-corrected chi connectivity index (χ1v) is 8.07. The Kier molecular flexibility index (Phi) is 7.09. The molecule has 1 heterocycles. The Morgan fingerprint density at radius 2 is 2.00 bits per heavy atom. The molecular formula is C17H27FN2O2. The number of ether oxygens (including phenoxy) is 2. The van der Waals surface area contributed by atoms with Gasteiger partial charge in [0.25, 0.3) is 0 Å². The molecule has 1 aromatic rings. The molecular weight excluding hydrogens is 283 g/mol. The van der Waals surface area contributed by atoms with Crippen molar-refractivity contribution in [2.75, 3.05) is 53.0 Å². The van der Waals surface area contributed by atoms with Gasteiger partial charge in [0.15, 0.2) is 11.6 Å². The zero-order chi connectivity index (χ0) is 15.8. The highest BCUT2D eigenvalue weighted by Crippen LogP contribution is 2.16. The monoisotopic (exact) mass is 310 g/mol. The molecule has 4 nitrogen and oxygen atoms in total. The number of benzene rings is 1. The Hall–Kier alpha value is -1.17. The molecule has 0 bridgehead atoms. The number of para-hydroxylation sites is 1. The van der Waals surface area contributed by atoms with E-state index in [0.29, 0.717) is 18.4 Å². The predicted molar refractivity (Wildman–Crippen MR) is 85.9 cm³/mol. The lowest BCUT2D eigenvalue weighted by atomic mass is 10.1. The third-order valence-corrected chi connectivity index (χ3v) is 4.24. The van der Waals surface area contributed by atoms with E-state index in [9.17, 15) is 4.39 Å². The summed E-state index contributed by atoms with van der Waals surface area (Å²) in [5.74, 6) is 0.0478. The molecule has 1 aliphatic heterocycles. The highest BCUT2D eigenvalue weighted by atomic mass is 19.1. The van der Waals surface area contributed by atoms with Crippen LogP contribution in [0.3, 0.4) is 0 Å². The van der Waals surface area contributed by atoms with Crippen LogP contribution in [0.2, 0.25) is 0 Å². The van der Waals surface area contributed by atoms with Gasteiger partial charge < -0.3 is 9.47 Å². The Morgan fingerprint density at radius 3 is 2.73 bits per heavy atom. The molecule has 124 valence electrons. The van der Waals surface area contributed by atoms with Crippen molar-refractivity contribution in [3.63, 3.8) is 0 Å². The lowest BCUT2D eigenvalue weighted by Crippen LogP contribution is -2.54. The summed E-state index contributed by atoms with van der Waals surface area (Å²) in [6.45, 7) is 8.49. The number of halogens is 1. The average Bonchev–Trinajstić information content (AvgIpc) is 2.55. The third kappa shape index (κ3) is 4.93. The quantitative estimate of drug-likeness (QED) is 0.735. The number of methoxy groups -OCH3 is 1. The lowest BCUT2D eigenvalue weighted by Gasteiger charge is -2.41. The van der Waals surface area contributed by atoms with Crippen molar-refractivity contribution in [1.29, 1.82) is 0 Å². The second kappa shape index (κ2) is 9.08. The molecule has 0 radical (unpaired) electrons. The van der Waals surface area contributed by atoms with Crippen LogP contribution in [0.15, 0.2) is 24.3 Å². The van der Waals surface area contributed by atoms with Crippen molar-refractivity contribution in [3.05, 3.63) is 30.1 Å². The molecule has 22 heavy (non-hydrogen) atoms. The van der Waals surface area contributed by atoms with Gasteiger partial charge in [-0.1, -0.05) is 19.1 Å². The molecule has 5 heteroatoms. The van der Waals surface area contributed by atoms with Gasteiger partial charge >= 0.3 is 0 Å². The van der Waals surface area contributed by atoms with Crippen molar-refractivity contribution >= 4 is 0 Å². The molecule has 1 atom stereocenters. The minimum Gasteiger partial charge on any atom is -0.489 e. The van der Waals surface area contributed by atoms with Gasteiger partial charge in [0.1, 0.15) is 6.61 Å². The van der Waals surface area contributed by atoms with Crippen LogP contribution < -0.4 is 4.74 Å². The predicted octanol–water partition coefficient (Wildman–Crippen LogP) is 2.25. The van der Waals surface area contributed by atoms with Gasteiger partial charge in [-0.25, -0.2) is 4.39 Å². The molecule has 0 amide bonds. The highest BCUT2D eigenvalue weighted by molar-refractivity contribution is 5.23. The van der Waals surface area contributed by atoms with Crippen LogP contribution in [0.1, 0.15) is 13.3 Å². The van der Waals surface area contributed by atoms with Gasteiger partial charge in [0, 0.05) is 45.9 Å². The standard InChI is InChI=1S/C17H27FN2O2/c1-3-15-14-19(8-9-20(15)11-12-21-2)10-13-22-17-7-5-4-6-16(17)18/h4-7,15H,3,8-14H2,1-2H3/t15-/m1/s1. The number of nitrogens with zero attached hydrogens (tertiary/aromatic N) is 2. The Balaban J connectivity index is 1.74. The first-order chi connectivity index (χ1) is 10.7. The zero-order valence-corrected chi connectivity index (χ0v) is 13.6. The SMILES string of the molecule is CC[C@@H]1CN(CCOc2ccccc2F)CCN1CCOC. The minimum atomic E-state index is -0.293. The first-order valence-electron chi connectivity index (χ1n) is 8.07. The van der Waals surface area contributed by atoms with Gasteiger partial charge in [-0.05, 0) is 18.6 Å². The number of hydrogen-bond donors (Lipinski definition) is 0. The summed E-state index contributed by atoms with van der Waals surface area (Å²) < 4.78 is 24.2. The summed E-state index contributed by atoms with van der Waals surface area (Å²) in [5, 5.41) is 0. The molecule has 0 aliphatic carbocycles. The van der Waals surface area contributed by atoms with Crippen LogP contribution in [0.5, 0.6) is 5.75 Å². The molecule has 1 fully saturated rings. The fraction of sp³-hybridized carbons (Fsp3) is 0.647. The third-order valence-electron chi connectivity index (χ3n) is 4.24.